The molecule has 0 heterocycles. The van der Waals surface area contributed by atoms with Gasteiger partial charge < -0.3 is 9.47 Å². The maximum absolute atomic E-state index is 11.0. The lowest BCUT2D eigenvalue weighted by Crippen LogP contribution is -2.03. The van der Waals surface area contributed by atoms with Crippen LogP contribution in [-0.2, 0) is 0 Å². The zero-order chi connectivity index (χ0) is 14.3. The van der Waals surface area contributed by atoms with Crippen LogP contribution in [0.1, 0.15) is 36.5 Å². The van der Waals surface area contributed by atoms with Crippen LogP contribution >= 0.6 is 0 Å². The number of ether oxygens (including phenoxy) is 2. The van der Waals surface area contributed by atoms with E-state index in [2.05, 4.69) is 6.92 Å². The minimum Gasteiger partial charge on any atom is -0.493 e. The zero-order valence-electron chi connectivity index (χ0n) is 11.0. The molecule has 0 fully saturated rings. The van der Waals surface area contributed by atoms with Crippen molar-refractivity contribution in [1.82, 2.24) is 0 Å². The van der Waals surface area contributed by atoms with Gasteiger partial charge in [0.05, 0.1) is 18.6 Å². The molecule has 0 aliphatic heterocycles. The number of nitrogens with zero attached hydrogens (tertiary/aromatic N) is 1. The van der Waals surface area contributed by atoms with E-state index in [9.17, 15) is 14.9 Å². The van der Waals surface area contributed by atoms with Crippen molar-refractivity contribution in [1.29, 1.82) is 0 Å². The molecule has 19 heavy (non-hydrogen) atoms. The fourth-order valence-corrected chi connectivity index (χ4v) is 1.63. The summed E-state index contributed by atoms with van der Waals surface area (Å²) in [6.07, 6.45) is 3.37. The molecule has 0 N–H and O–H groups in total. The van der Waals surface area contributed by atoms with E-state index < -0.39 is 4.92 Å². The van der Waals surface area contributed by atoms with Gasteiger partial charge in [0.15, 0.2) is 5.75 Å². The van der Waals surface area contributed by atoms with Crippen LogP contribution in [-0.4, -0.2) is 24.9 Å². The number of carbonyl (C=O) groups excluding carboxylic acids is 1. The first-order valence-corrected chi connectivity index (χ1v) is 6.08. The fourth-order valence-electron chi connectivity index (χ4n) is 1.63. The highest BCUT2D eigenvalue weighted by Gasteiger charge is 2.22. The van der Waals surface area contributed by atoms with Gasteiger partial charge in [0, 0.05) is 11.6 Å². The number of nitro benzene ring substituents is 1. The van der Waals surface area contributed by atoms with E-state index in [0.717, 1.165) is 19.3 Å². The maximum Gasteiger partial charge on any atom is 0.315 e. The van der Waals surface area contributed by atoms with Gasteiger partial charge in [0.1, 0.15) is 6.29 Å². The molecule has 1 aromatic rings. The van der Waals surface area contributed by atoms with Gasteiger partial charge >= 0.3 is 5.69 Å². The molecule has 0 bridgehead atoms. The average Bonchev–Trinajstić information content (AvgIpc) is 2.42. The minimum absolute atomic E-state index is 0.0780. The van der Waals surface area contributed by atoms with Crippen molar-refractivity contribution in [3.05, 3.63) is 27.8 Å². The highest BCUT2D eigenvalue weighted by Crippen LogP contribution is 2.38. The first-order chi connectivity index (χ1) is 9.13. The lowest BCUT2D eigenvalue weighted by Gasteiger charge is -2.11. The monoisotopic (exact) mass is 267 g/mol. The summed E-state index contributed by atoms with van der Waals surface area (Å²) in [5, 5.41) is 11.0. The van der Waals surface area contributed by atoms with E-state index in [0.29, 0.717) is 12.9 Å². The largest absolute Gasteiger partial charge is 0.493 e. The van der Waals surface area contributed by atoms with Crippen LogP contribution in [0, 0.1) is 10.1 Å². The van der Waals surface area contributed by atoms with E-state index in [-0.39, 0.29) is 22.7 Å². The van der Waals surface area contributed by atoms with Gasteiger partial charge in [-0.3, -0.25) is 14.9 Å². The molecule has 0 unspecified atom stereocenters. The number of carbonyl (C=O) groups is 1. The van der Waals surface area contributed by atoms with Gasteiger partial charge in [-0.05, 0) is 12.5 Å². The second kappa shape index (κ2) is 7.35. The number of nitro groups is 1. The third kappa shape index (κ3) is 3.94. The van der Waals surface area contributed by atoms with E-state index >= 15 is 0 Å². The molecule has 1 rings (SSSR count). The van der Waals surface area contributed by atoms with Crippen molar-refractivity contribution in [3.8, 4) is 11.5 Å². The first-order valence-electron chi connectivity index (χ1n) is 6.08. The Morgan fingerprint density at radius 1 is 1.37 bits per heavy atom. The molecule has 6 nitrogen and oxygen atoms in total. The van der Waals surface area contributed by atoms with E-state index in [1.807, 2.05) is 0 Å². The van der Waals surface area contributed by atoms with Crippen LogP contribution in [0.3, 0.4) is 0 Å². The quantitative estimate of drug-likeness (QED) is 0.313. The van der Waals surface area contributed by atoms with Crippen LogP contribution in [0.4, 0.5) is 5.69 Å². The normalized spacial score (nSPS) is 10.0. The molecule has 104 valence electrons. The molecule has 0 amide bonds. The average molecular weight is 267 g/mol. The Hall–Kier alpha value is -2.11. The molecule has 0 saturated heterocycles. The summed E-state index contributed by atoms with van der Waals surface area (Å²) in [5.41, 5.74) is -0.0672. The summed E-state index contributed by atoms with van der Waals surface area (Å²) in [7, 11) is 1.38. The Labute approximate surface area is 111 Å². The SMILES string of the molecule is CCCCCOc1c(OC)cc(C=O)cc1[N+](=O)[O-]. The number of unbranched alkanes of at least 4 members (excludes halogenated alkanes) is 2. The standard InChI is InChI=1S/C13H17NO5/c1-3-4-5-6-19-13-11(14(16)17)7-10(9-15)8-12(13)18-2/h7-9H,3-6H2,1-2H3. The summed E-state index contributed by atoms with van der Waals surface area (Å²) in [6.45, 7) is 2.44. The smallest absolute Gasteiger partial charge is 0.315 e. The molecular formula is C13H17NO5. The second-order valence-electron chi connectivity index (χ2n) is 4.00. The minimum atomic E-state index is -0.579. The summed E-state index contributed by atoms with van der Waals surface area (Å²) in [6, 6.07) is 2.61. The van der Waals surface area contributed by atoms with Gasteiger partial charge in [0.2, 0.25) is 5.75 Å². The van der Waals surface area contributed by atoms with Gasteiger partial charge in [0.25, 0.3) is 0 Å². The van der Waals surface area contributed by atoms with E-state index in [4.69, 9.17) is 9.47 Å². The molecule has 0 saturated carbocycles. The van der Waals surface area contributed by atoms with Crippen LogP contribution < -0.4 is 9.47 Å². The Morgan fingerprint density at radius 2 is 2.11 bits per heavy atom. The van der Waals surface area contributed by atoms with Gasteiger partial charge in [-0.15, -0.1) is 0 Å². The lowest BCUT2D eigenvalue weighted by atomic mass is 10.2. The molecule has 1 aromatic carbocycles. The molecule has 0 aromatic heterocycles. The van der Waals surface area contributed by atoms with Crippen molar-refractivity contribution in [2.24, 2.45) is 0 Å². The maximum atomic E-state index is 11.0. The Balaban J connectivity index is 3.03. The predicted octanol–water partition coefficient (Wildman–Crippen LogP) is 2.98. The van der Waals surface area contributed by atoms with Crippen molar-refractivity contribution >= 4 is 12.0 Å². The topological polar surface area (TPSA) is 78.7 Å². The van der Waals surface area contributed by atoms with Crippen LogP contribution in [0.2, 0.25) is 0 Å². The number of aldehydes is 1. The number of hydrogen-bond acceptors (Lipinski definition) is 5. The fraction of sp³-hybridized carbons (Fsp3) is 0.462. The van der Waals surface area contributed by atoms with Crippen molar-refractivity contribution < 1.29 is 19.2 Å². The Kier molecular flexibility index (Phi) is 5.78. The lowest BCUT2D eigenvalue weighted by molar-refractivity contribution is -0.386. The van der Waals surface area contributed by atoms with Crippen LogP contribution in [0.5, 0.6) is 11.5 Å². The molecule has 0 spiro atoms. The molecule has 0 radical (unpaired) electrons. The highest BCUT2D eigenvalue weighted by atomic mass is 16.6. The van der Waals surface area contributed by atoms with Gasteiger partial charge in [-0.1, -0.05) is 19.8 Å². The summed E-state index contributed by atoms with van der Waals surface area (Å²) < 4.78 is 10.5. The summed E-state index contributed by atoms with van der Waals surface area (Å²) >= 11 is 0. The third-order valence-electron chi connectivity index (χ3n) is 2.60. The number of benzene rings is 1. The zero-order valence-corrected chi connectivity index (χ0v) is 11.0. The second-order valence-corrected chi connectivity index (χ2v) is 4.00. The van der Waals surface area contributed by atoms with E-state index in [1.54, 1.807) is 0 Å². The molecule has 0 aliphatic carbocycles. The third-order valence-corrected chi connectivity index (χ3v) is 2.60. The molecule has 0 aliphatic rings. The Morgan fingerprint density at radius 3 is 2.63 bits per heavy atom. The summed E-state index contributed by atoms with van der Waals surface area (Å²) in [5.74, 6) is 0.280. The molecule has 6 heteroatoms. The highest BCUT2D eigenvalue weighted by molar-refractivity contribution is 5.79. The number of rotatable bonds is 8. The summed E-state index contributed by atoms with van der Waals surface area (Å²) in [4.78, 5) is 21.2. The first kappa shape index (κ1) is 14.9. The van der Waals surface area contributed by atoms with Crippen LogP contribution in [0.15, 0.2) is 12.1 Å². The van der Waals surface area contributed by atoms with E-state index in [1.165, 1.54) is 19.2 Å². The van der Waals surface area contributed by atoms with Gasteiger partial charge in [-0.2, -0.15) is 0 Å². The molecular weight excluding hydrogens is 250 g/mol. The Bertz CT molecular complexity index is 459. The van der Waals surface area contributed by atoms with Crippen LogP contribution in [0.25, 0.3) is 0 Å². The van der Waals surface area contributed by atoms with Gasteiger partial charge in [-0.25, -0.2) is 0 Å². The molecule has 0 atom stereocenters. The number of methoxy groups -OCH3 is 1. The van der Waals surface area contributed by atoms with Crippen molar-refractivity contribution in [3.63, 3.8) is 0 Å². The van der Waals surface area contributed by atoms with Crippen molar-refractivity contribution in [2.75, 3.05) is 13.7 Å². The predicted molar refractivity (Wildman–Crippen MR) is 70.1 cm³/mol. The number of hydrogen-bond donors (Lipinski definition) is 0. The van der Waals surface area contributed by atoms with Crippen molar-refractivity contribution in [2.45, 2.75) is 26.2 Å².